The van der Waals surface area contributed by atoms with E-state index >= 15 is 0 Å². The van der Waals surface area contributed by atoms with Gasteiger partial charge < -0.3 is 0 Å². The zero-order chi connectivity index (χ0) is 13.8. The Kier molecular flexibility index (Phi) is 3.85. The number of pyridine rings is 1. The molecule has 0 spiro atoms. The number of hydrogen-bond acceptors (Lipinski definition) is 2. The molecular formula is C14H12F2N2O. The van der Waals surface area contributed by atoms with Crippen molar-refractivity contribution in [2.24, 2.45) is 0 Å². The minimum Gasteiger partial charge on any atom is -0.273 e. The van der Waals surface area contributed by atoms with E-state index in [2.05, 4.69) is 4.98 Å². The first kappa shape index (κ1) is 13.1. The fraction of sp³-hybridized carbons (Fsp3) is 0.143. The lowest BCUT2D eigenvalue weighted by atomic mass is 10.0. The van der Waals surface area contributed by atoms with E-state index in [-0.39, 0.29) is 11.7 Å². The maximum absolute atomic E-state index is 13.2. The molecule has 19 heavy (non-hydrogen) atoms. The van der Waals surface area contributed by atoms with Crippen LogP contribution in [0.15, 0.2) is 42.6 Å². The maximum atomic E-state index is 13.2. The number of carbonyl (C=O) groups excluding carboxylic acids is 1. The number of nitrogens with zero attached hydrogens (tertiary/aromatic N) is 2. The van der Waals surface area contributed by atoms with Crippen LogP contribution in [0.25, 0.3) is 11.1 Å². The van der Waals surface area contributed by atoms with Crippen LogP contribution in [0.2, 0.25) is 0 Å². The van der Waals surface area contributed by atoms with Gasteiger partial charge in [-0.15, -0.1) is 0 Å². The van der Waals surface area contributed by atoms with E-state index in [0.717, 1.165) is 12.5 Å². The molecule has 98 valence electrons. The third kappa shape index (κ3) is 3.34. The topological polar surface area (TPSA) is 33.2 Å². The summed E-state index contributed by atoms with van der Waals surface area (Å²) in [6.45, 7) is 1.03. The third-order valence-electron chi connectivity index (χ3n) is 2.65. The SMILES string of the molecule is CC(=O)N(F)Cc1cccc(-c2ccnc(F)c2)c1. The highest BCUT2D eigenvalue weighted by molar-refractivity contribution is 5.72. The smallest absolute Gasteiger partial charge is 0.247 e. The second-order valence-corrected chi connectivity index (χ2v) is 4.11. The molecule has 0 aliphatic rings. The summed E-state index contributed by atoms with van der Waals surface area (Å²) in [6, 6.07) is 9.91. The second-order valence-electron chi connectivity index (χ2n) is 4.11. The first-order valence-electron chi connectivity index (χ1n) is 5.71. The van der Waals surface area contributed by atoms with E-state index in [1.165, 1.54) is 12.3 Å². The number of benzene rings is 1. The highest BCUT2D eigenvalue weighted by atomic mass is 19.2. The Hall–Kier alpha value is -2.30. The predicted octanol–water partition coefficient (Wildman–Crippen LogP) is 3.12. The van der Waals surface area contributed by atoms with E-state index in [4.69, 9.17) is 0 Å². The van der Waals surface area contributed by atoms with Gasteiger partial charge in [0.05, 0.1) is 6.54 Å². The molecule has 0 N–H and O–H groups in total. The van der Waals surface area contributed by atoms with Gasteiger partial charge in [-0.3, -0.25) is 4.79 Å². The molecule has 0 fully saturated rings. The van der Waals surface area contributed by atoms with Crippen molar-refractivity contribution in [2.45, 2.75) is 13.5 Å². The van der Waals surface area contributed by atoms with Gasteiger partial charge in [-0.25, -0.2) is 4.98 Å². The summed E-state index contributed by atoms with van der Waals surface area (Å²) < 4.78 is 26.3. The number of rotatable bonds is 3. The molecule has 0 unspecified atom stereocenters. The van der Waals surface area contributed by atoms with Crippen molar-refractivity contribution in [1.29, 1.82) is 0 Å². The van der Waals surface area contributed by atoms with Gasteiger partial charge in [-0.05, 0) is 28.8 Å². The van der Waals surface area contributed by atoms with Gasteiger partial charge in [0.15, 0.2) is 0 Å². The molecule has 0 aliphatic carbocycles. The first-order valence-corrected chi connectivity index (χ1v) is 5.71. The highest BCUT2D eigenvalue weighted by Gasteiger charge is 2.08. The van der Waals surface area contributed by atoms with Crippen LogP contribution < -0.4 is 0 Å². The zero-order valence-electron chi connectivity index (χ0n) is 10.3. The van der Waals surface area contributed by atoms with Crippen LogP contribution >= 0.6 is 0 Å². The quantitative estimate of drug-likeness (QED) is 0.629. The Bertz CT molecular complexity index is 602. The summed E-state index contributed by atoms with van der Waals surface area (Å²) in [5.74, 6) is -1.22. The molecule has 0 saturated heterocycles. The maximum Gasteiger partial charge on any atom is 0.247 e. The lowest BCUT2D eigenvalue weighted by Gasteiger charge is -2.10. The van der Waals surface area contributed by atoms with Crippen LogP contribution in [-0.2, 0) is 11.3 Å². The third-order valence-corrected chi connectivity index (χ3v) is 2.65. The van der Waals surface area contributed by atoms with Crippen LogP contribution in [0.1, 0.15) is 12.5 Å². The van der Waals surface area contributed by atoms with Crippen LogP contribution in [0, 0.1) is 5.95 Å². The van der Waals surface area contributed by atoms with Crippen molar-refractivity contribution in [3.8, 4) is 11.1 Å². The number of hydrogen-bond donors (Lipinski definition) is 0. The summed E-state index contributed by atoms with van der Waals surface area (Å²) >= 11 is 0. The number of aromatic nitrogens is 1. The Morgan fingerprint density at radius 3 is 2.68 bits per heavy atom. The minimum atomic E-state index is -0.652. The standard InChI is InChI=1S/C14H12F2N2O/c1-10(19)18(16)9-11-3-2-4-12(7-11)13-5-6-17-14(15)8-13/h2-8H,9H2,1H3. The van der Waals surface area contributed by atoms with Crippen molar-refractivity contribution >= 4 is 5.91 Å². The summed E-state index contributed by atoms with van der Waals surface area (Å²) in [6.07, 6.45) is 1.37. The molecule has 0 radical (unpaired) electrons. The van der Waals surface area contributed by atoms with Gasteiger partial charge in [0.1, 0.15) is 0 Å². The van der Waals surface area contributed by atoms with Gasteiger partial charge in [0.25, 0.3) is 0 Å². The zero-order valence-corrected chi connectivity index (χ0v) is 10.3. The van der Waals surface area contributed by atoms with Gasteiger partial charge in [0.2, 0.25) is 11.9 Å². The summed E-state index contributed by atoms with van der Waals surface area (Å²) in [5.41, 5.74) is 2.03. The van der Waals surface area contributed by atoms with Crippen molar-refractivity contribution in [3.63, 3.8) is 0 Å². The highest BCUT2D eigenvalue weighted by Crippen LogP contribution is 2.21. The Labute approximate surface area is 109 Å². The Balaban J connectivity index is 2.27. The van der Waals surface area contributed by atoms with Crippen molar-refractivity contribution in [3.05, 3.63) is 54.1 Å². The Morgan fingerprint density at radius 2 is 2.00 bits per heavy atom. The van der Waals surface area contributed by atoms with Crippen molar-refractivity contribution in [2.75, 3.05) is 0 Å². The number of amides is 1. The van der Waals surface area contributed by atoms with Gasteiger partial charge in [0, 0.05) is 19.2 Å². The molecule has 3 nitrogen and oxygen atoms in total. The summed E-state index contributed by atoms with van der Waals surface area (Å²) in [4.78, 5) is 14.3. The molecule has 2 rings (SSSR count). The largest absolute Gasteiger partial charge is 0.273 e. The fourth-order valence-corrected chi connectivity index (χ4v) is 1.70. The van der Waals surface area contributed by atoms with Crippen LogP contribution in [0.4, 0.5) is 8.87 Å². The monoisotopic (exact) mass is 262 g/mol. The van der Waals surface area contributed by atoms with Crippen LogP contribution in [0.3, 0.4) is 0 Å². The first-order chi connectivity index (χ1) is 9.06. The van der Waals surface area contributed by atoms with E-state index in [9.17, 15) is 13.7 Å². The molecule has 5 heteroatoms. The van der Waals surface area contributed by atoms with E-state index in [1.54, 1.807) is 30.3 Å². The molecule has 2 aromatic rings. The summed E-state index contributed by atoms with van der Waals surface area (Å²) in [7, 11) is 0. The lowest BCUT2D eigenvalue weighted by Crippen LogP contribution is -2.18. The van der Waals surface area contributed by atoms with Crippen LogP contribution in [0.5, 0.6) is 0 Å². The molecule has 1 aromatic heterocycles. The molecule has 0 bridgehead atoms. The summed E-state index contributed by atoms with van der Waals surface area (Å²) in [5, 5.41) is 0.131. The normalized spacial score (nSPS) is 10.3. The number of carbonyl (C=O) groups is 1. The van der Waals surface area contributed by atoms with Crippen molar-refractivity contribution in [1.82, 2.24) is 10.1 Å². The average molecular weight is 262 g/mol. The Morgan fingerprint density at radius 1 is 1.26 bits per heavy atom. The molecule has 0 atom stereocenters. The van der Waals surface area contributed by atoms with Gasteiger partial charge in [-0.2, -0.15) is 9.51 Å². The fourth-order valence-electron chi connectivity index (χ4n) is 1.70. The van der Waals surface area contributed by atoms with E-state index in [0.29, 0.717) is 11.1 Å². The lowest BCUT2D eigenvalue weighted by molar-refractivity contribution is -0.145. The molecule has 0 saturated carbocycles. The average Bonchev–Trinajstić information content (AvgIpc) is 2.39. The molecule has 0 aliphatic heterocycles. The number of halogens is 2. The van der Waals surface area contributed by atoms with E-state index in [1.807, 2.05) is 0 Å². The van der Waals surface area contributed by atoms with Gasteiger partial charge in [-0.1, -0.05) is 22.7 Å². The molecule has 1 heterocycles. The van der Waals surface area contributed by atoms with Crippen LogP contribution in [-0.4, -0.2) is 16.0 Å². The molecular weight excluding hydrogens is 250 g/mol. The van der Waals surface area contributed by atoms with Gasteiger partial charge >= 0.3 is 0 Å². The molecule has 1 amide bonds. The molecule has 1 aromatic carbocycles. The van der Waals surface area contributed by atoms with E-state index < -0.39 is 11.9 Å². The predicted molar refractivity (Wildman–Crippen MR) is 67.0 cm³/mol. The van der Waals surface area contributed by atoms with Crippen molar-refractivity contribution < 1.29 is 13.7 Å². The minimum absolute atomic E-state index is 0.128. The second kappa shape index (κ2) is 5.56.